The Balaban J connectivity index is 2.41. The van der Waals surface area contributed by atoms with Gasteiger partial charge in [0.25, 0.3) is 17.6 Å². The molecule has 1 aliphatic rings. The molecule has 0 aromatic heterocycles. The lowest BCUT2D eigenvalue weighted by molar-refractivity contribution is -0.165. The minimum atomic E-state index is -3.09. The zero-order chi connectivity index (χ0) is 17.2. The van der Waals surface area contributed by atoms with Crippen molar-refractivity contribution in [1.29, 1.82) is 0 Å². The molecule has 0 bridgehead atoms. The number of methoxy groups -OCH3 is 2. The van der Waals surface area contributed by atoms with Gasteiger partial charge >= 0.3 is 11.9 Å². The van der Waals surface area contributed by atoms with E-state index < -0.39 is 42.4 Å². The van der Waals surface area contributed by atoms with Gasteiger partial charge in [-0.05, 0) is 12.1 Å². The van der Waals surface area contributed by atoms with E-state index in [1.807, 2.05) is 0 Å². The summed E-state index contributed by atoms with van der Waals surface area (Å²) in [5, 5.41) is 0. The van der Waals surface area contributed by atoms with E-state index >= 15 is 4.39 Å². The Morgan fingerprint density at radius 3 is 2.04 bits per heavy atom. The van der Waals surface area contributed by atoms with E-state index in [1.54, 1.807) is 0 Å². The van der Waals surface area contributed by atoms with E-state index in [9.17, 15) is 19.2 Å². The number of fused-ring (bicyclic) bond motifs is 1. The highest BCUT2D eigenvalue weighted by Gasteiger charge is 2.55. The number of hydrogen-bond acceptors (Lipinski definition) is 6. The van der Waals surface area contributed by atoms with Crippen LogP contribution >= 0.6 is 0 Å². The average Bonchev–Trinajstić information content (AvgIpc) is 2.83. The number of ether oxygens (including phenoxy) is 2. The Morgan fingerprint density at radius 1 is 1.09 bits per heavy atom. The first kappa shape index (κ1) is 16.6. The summed E-state index contributed by atoms with van der Waals surface area (Å²) in [6.07, 6.45) is -1.26. The molecular formula is C15H14FNO6. The molecule has 0 aliphatic carbocycles. The average molecular weight is 323 g/mol. The number of halogens is 1. The summed E-state index contributed by atoms with van der Waals surface area (Å²) in [4.78, 5) is 48.0. The van der Waals surface area contributed by atoms with E-state index in [0.717, 1.165) is 14.2 Å². The molecule has 1 atom stereocenters. The normalized spacial score (nSPS) is 15.9. The number of rotatable bonds is 5. The van der Waals surface area contributed by atoms with Gasteiger partial charge in [0, 0.05) is 6.42 Å². The van der Waals surface area contributed by atoms with Gasteiger partial charge in [0.1, 0.15) is 0 Å². The van der Waals surface area contributed by atoms with Crippen molar-refractivity contribution in [2.45, 2.75) is 18.6 Å². The number of carbonyl (C=O) groups is 4. The summed E-state index contributed by atoms with van der Waals surface area (Å²) in [6, 6.07) is 5.74. The van der Waals surface area contributed by atoms with E-state index in [0.29, 0.717) is 0 Å². The van der Waals surface area contributed by atoms with Crippen LogP contribution in [0.4, 0.5) is 4.39 Å². The summed E-state index contributed by atoms with van der Waals surface area (Å²) in [6.45, 7) is 0. The molecule has 1 unspecified atom stereocenters. The zero-order valence-corrected chi connectivity index (χ0v) is 12.5. The molecule has 8 heteroatoms. The SMILES string of the molecule is COC(=O)CCC(F)(C(=O)OC)N1C(=O)c2ccccc2C1=O. The second kappa shape index (κ2) is 6.15. The third kappa shape index (κ3) is 2.67. The fourth-order valence-electron chi connectivity index (χ4n) is 2.34. The van der Waals surface area contributed by atoms with Crippen molar-refractivity contribution in [2.75, 3.05) is 14.2 Å². The monoisotopic (exact) mass is 323 g/mol. The third-order valence-electron chi connectivity index (χ3n) is 3.53. The molecule has 1 aromatic carbocycles. The lowest BCUT2D eigenvalue weighted by Crippen LogP contribution is -2.54. The molecule has 0 radical (unpaired) electrons. The second-order valence-corrected chi connectivity index (χ2v) is 4.82. The first-order valence-corrected chi connectivity index (χ1v) is 6.69. The zero-order valence-electron chi connectivity index (χ0n) is 12.5. The smallest absolute Gasteiger partial charge is 0.365 e. The lowest BCUT2D eigenvalue weighted by atomic mass is 10.1. The van der Waals surface area contributed by atoms with Crippen LogP contribution in [0.5, 0.6) is 0 Å². The molecule has 0 saturated carbocycles. The number of benzene rings is 1. The van der Waals surface area contributed by atoms with Gasteiger partial charge < -0.3 is 9.47 Å². The van der Waals surface area contributed by atoms with Crippen LogP contribution in [0.15, 0.2) is 24.3 Å². The number of imide groups is 1. The number of carbonyl (C=O) groups excluding carboxylic acids is 4. The van der Waals surface area contributed by atoms with Gasteiger partial charge in [-0.1, -0.05) is 12.1 Å². The molecule has 23 heavy (non-hydrogen) atoms. The highest BCUT2D eigenvalue weighted by molar-refractivity contribution is 6.23. The molecule has 0 fully saturated rings. The van der Waals surface area contributed by atoms with Gasteiger partial charge in [-0.25, -0.2) is 14.1 Å². The minimum Gasteiger partial charge on any atom is -0.469 e. The van der Waals surface area contributed by atoms with Crippen LogP contribution in [0, 0.1) is 0 Å². The van der Waals surface area contributed by atoms with Gasteiger partial charge in [-0.2, -0.15) is 0 Å². The van der Waals surface area contributed by atoms with Crippen molar-refractivity contribution in [3.8, 4) is 0 Å². The summed E-state index contributed by atoms with van der Waals surface area (Å²) in [5.74, 6) is -7.22. The van der Waals surface area contributed by atoms with Gasteiger partial charge in [-0.15, -0.1) is 0 Å². The van der Waals surface area contributed by atoms with E-state index in [-0.39, 0.29) is 16.0 Å². The van der Waals surface area contributed by atoms with Crippen LogP contribution in [0.1, 0.15) is 33.6 Å². The van der Waals surface area contributed by atoms with Crippen molar-refractivity contribution in [1.82, 2.24) is 4.90 Å². The number of nitrogens with zero attached hydrogens (tertiary/aromatic N) is 1. The van der Waals surface area contributed by atoms with Crippen LogP contribution in [-0.4, -0.2) is 48.7 Å². The summed E-state index contributed by atoms with van der Waals surface area (Å²) in [5.41, 5.74) is -0.0250. The maximum Gasteiger partial charge on any atom is 0.365 e. The molecule has 2 amide bonds. The van der Waals surface area contributed by atoms with Crippen LogP contribution in [0.25, 0.3) is 0 Å². The Kier molecular flexibility index (Phi) is 4.44. The van der Waals surface area contributed by atoms with Crippen LogP contribution in [-0.2, 0) is 19.1 Å². The van der Waals surface area contributed by atoms with E-state index in [4.69, 9.17) is 0 Å². The molecule has 1 aromatic rings. The van der Waals surface area contributed by atoms with Gasteiger partial charge in [0.2, 0.25) is 0 Å². The number of esters is 2. The number of alkyl halides is 1. The molecule has 1 heterocycles. The minimum absolute atomic E-state index is 0.0125. The molecule has 0 N–H and O–H groups in total. The van der Waals surface area contributed by atoms with Crippen LogP contribution < -0.4 is 0 Å². The van der Waals surface area contributed by atoms with E-state index in [2.05, 4.69) is 9.47 Å². The van der Waals surface area contributed by atoms with Crippen molar-refractivity contribution in [3.05, 3.63) is 35.4 Å². The third-order valence-corrected chi connectivity index (χ3v) is 3.53. The fraction of sp³-hybridized carbons (Fsp3) is 0.333. The first-order chi connectivity index (χ1) is 10.9. The second-order valence-electron chi connectivity index (χ2n) is 4.82. The highest BCUT2D eigenvalue weighted by Crippen LogP contribution is 2.34. The molecule has 0 saturated heterocycles. The quantitative estimate of drug-likeness (QED) is 0.457. The van der Waals surface area contributed by atoms with Crippen molar-refractivity contribution in [3.63, 3.8) is 0 Å². The Hall–Kier alpha value is -2.77. The summed E-state index contributed by atoms with van der Waals surface area (Å²) >= 11 is 0. The Labute approximate surface area is 131 Å². The Morgan fingerprint density at radius 2 is 1.61 bits per heavy atom. The lowest BCUT2D eigenvalue weighted by Gasteiger charge is -2.30. The molecule has 7 nitrogen and oxygen atoms in total. The molecule has 1 aliphatic heterocycles. The largest absolute Gasteiger partial charge is 0.469 e. The maximum absolute atomic E-state index is 15.3. The number of amides is 2. The standard InChI is InChI=1S/C15H14FNO6/c1-22-11(18)7-8-15(16,14(21)23-2)17-12(19)9-5-3-4-6-10(9)13(17)20/h3-6H,7-8H2,1-2H3. The molecule has 0 spiro atoms. The van der Waals surface area contributed by atoms with Crippen molar-refractivity contribution >= 4 is 23.8 Å². The van der Waals surface area contributed by atoms with Gasteiger partial charge in [-0.3, -0.25) is 14.4 Å². The van der Waals surface area contributed by atoms with Crippen molar-refractivity contribution in [2.24, 2.45) is 0 Å². The first-order valence-electron chi connectivity index (χ1n) is 6.69. The highest BCUT2D eigenvalue weighted by atomic mass is 19.1. The number of hydrogen-bond donors (Lipinski definition) is 0. The Bertz CT molecular complexity index is 653. The molecule has 122 valence electrons. The summed E-state index contributed by atoms with van der Waals surface area (Å²) in [7, 11) is 2.02. The topological polar surface area (TPSA) is 90.0 Å². The van der Waals surface area contributed by atoms with Gasteiger partial charge in [0.05, 0.1) is 31.8 Å². The predicted octanol–water partition coefficient (Wildman–Crippen LogP) is 1.07. The van der Waals surface area contributed by atoms with Crippen LogP contribution in [0.2, 0.25) is 0 Å². The maximum atomic E-state index is 15.3. The summed E-state index contributed by atoms with van der Waals surface area (Å²) < 4.78 is 24.0. The molecular weight excluding hydrogens is 309 g/mol. The van der Waals surface area contributed by atoms with E-state index in [1.165, 1.54) is 24.3 Å². The van der Waals surface area contributed by atoms with Gasteiger partial charge in [0.15, 0.2) is 0 Å². The van der Waals surface area contributed by atoms with Crippen molar-refractivity contribution < 1.29 is 33.0 Å². The molecule has 2 rings (SSSR count). The fourth-order valence-corrected chi connectivity index (χ4v) is 2.34. The van der Waals surface area contributed by atoms with Crippen LogP contribution in [0.3, 0.4) is 0 Å². The predicted molar refractivity (Wildman–Crippen MR) is 74.0 cm³/mol.